The molecule has 0 amide bonds. The molecule has 1 N–H and O–H groups in total. The summed E-state index contributed by atoms with van der Waals surface area (Å²) in [6, 6.07) is 13.4. The van der Waals surface area contributed by atoms with Crippen molar-refractivity contribution in [2.45, 2.75) is 0 Å². The van der Waals surface area contributed by atoms with E-state index in [1.54, 1.807) is 0 Å². The molecular weight excluding hydrogens is 232 g/mol. The molecule has 0 aliphatic rings. The van der Waals surface area contributed by atoms with Crippen LogP contribution in [0.4, 0.5) is 0 Å². The molecule has 0 bridgehead atoms. The molecule has 5 nitrogen and oxygen atoms in total. The number of carboxylic acid groups (broad SMARTS) is 1. The zero-order chi connectivity index (χ0) is 12.5. The maximum atomic E-state index is 10.7. The van der Waals surface area contributed by atoms with E-state index >= 15 is 0 Å². The summed E-state index contributed by atoms with van der Waals surface area (Å²) in [6.45, 7) is 0. The van der Waals surface area contributed by atoms with Crippen molar-refractivity contribution in [3.05, 3.63) is 48.3 Å². The lowest BCUT2D eigenvalue weighted by Crippen LogP contribution is -1.98. The quantitative estimate of drug-likeness (QED) is 0.745. The number of fused-ring (bicyclic) bond motifs is 1. The molecule has 18 heavy (non-hydrogen) atoms. The minimum atomic E-state index is -1.20. The third-order valence-electron chi connectivity index (χ3n) is 2.64. The lowest BCUT2D eigenvalue weighted by Gasteiger charge is -2.01. The summed E-state index contributed by atoms with van der Waals surface area (Å²) in [5.41, 5.74) is 0.730. The number of carboxylic acids is 1. The lowest BCUT2D eigenvalue weighted by atomic mass is 10.0. The molecule has 88 valence electrons. The van der Waals surface area contributed by atoms with Crippen molar-refractivity contribution in [2.75, 3.05) is 0 Å². The third kappa shape index (κ3) is 1.62. The van der Waals surface area contributed by atoms with Crippen LogP contribution in [0.3, 0.4) is 0 Å². The Morgan fingerprint density at radius 1 is 1.11 bits per heavy atom. The van der Waals surface area contributed by atoms with Crippen LogP contribution >= 0.6 is 0 Å². The standard InChI is InChI=1S/C13H8N2O3/c16-13(17)11-14-12(18-15-11)10-7-3-5-8-4-1-2-6-9(8)10/h1-7H,(H,16,17). The molecule has 0 unspecified atom stereocenters. The molecule has 1 heterocycles. The summed E-state index contributed by atoms with van der Waals surface area (Å²) < 4.78 is 4.98. The van der Waals surface area contributed by atoms with E-state index in [-0.39, 0.29) is 11.7 Å². The Morgan fingerprint density at radius 2 is 1.89 bits per heavy atom. The molecule has 2 aromatic carbocycles. The molecule has 0 saturated heterocycles. The third-order valence-corrected chi connectivity index (χ3v) is 2.64. The van der Waals surface area contributed by atoms with Gasteiger partial charge in [0.05, 0.1) is 0 Å². The zero-order valence-corrected chi connectivity index (χ0v) is 9.20. The van der Waals surface area contributed by atoms with Crippen LogP contribution in [0, 0.1) is 0 Å². The van der Waals surface area contributed by atoms with Gasteiger partial charge in [-0.25, -0.2) is 4.79 Å². The van der Waals surface area contributed by atoms with Crippen molar-refractivity contribution in [2.24, 2.45) is 0 Å². The number of hydrogen-bond acceptors (Lipinski definition) is 4. The van der Waals surface area contributed by atoms with Crippen molar-refractivity contribution in [3.8, 4) is 11.5 Å². The van der Waals surface area contributed by atoms with Gasteiger partial charge < -0.3 is 9.63 Å². The molecule has 0 saturated carbocycles. The second-order valence-corrected chi connectivity index (χ2v) is 3.75. The number of carbonyl (C=O) groups is 1. The molecule has 0 aliphatic carbocycles. The van der Waals surface area contributed by atoms with E-state index in [2.05, 4.69) is 10.1 Å². The highest BCUT2D eigenvalue weighted by Crippen LogP contribution is 2.27. The fourth-order valence-corrected chi connectivity index (χ4v) is 1.83. The zero-order valence-electron chi connectivity index (χ0n) is 9.20. The van der Waals surface area contributed by atoms with Crippen molar-refractivity contribution in [1.82, 2.24) is 10.1 Å². The number of aromatic carboxylic acids is 1. The van der Waals surface area contributed by atoms with E-state index in [9.17, 15) is 4.79 Å². The molecule has 3 aromatic rings. The highest BCUT2D eigenvalue weighted by atomic mass is 16.5. The SMILES string of the molecule is O=C(O)c1noc(-c2cccc3ccccc23)n1. The van der Waals surface area contributed by atoms with Gasteiger partial charge in [-0.3, -0.25) is 0 Å². The lowest BCUT2D eigenvalue weighted by molar-refractivity contribution is 0.0680. The van der Waals surface area contributed by atoms with Gasteiger partial charge >= 0.3 is 5.97 Å². The van der Waals surface area contributed by atoms with Gasteiger partial charge in [-0.1, -0.05) is 36.4 Å². The van der Waals surface area contributed by atoms with Gasteiger partial charge in [0.1, 0.15) is 0 Å². The Balaban J connectivity index is 2.21. The summed E-state index contributed by atoms with van der Waals surface area (Å²) >= 11 is 0. The Kier molecular flexibility index (Phi) is 2.30. The van der Waals surface area contributed by atoms with E-state index < -0.39 is 5.97 Å². The predicted molar refractivity (Wildman–Crippen MR) is 64.2 cm³/mol. The highest BCUT2D eigenvalue weighted by Gasteiger charge is 2.15. The second kappa shape index (κ2) is 3.96. The van der Waals surface area contributed by atoms with Crippen LogP contribution in [0.5, 0.6) is 0 Å². The van der Waals surface area contributed by atoms with Crippen LogP contribution in [-0.2, 0) is 0 Å². The van der Waals surface area contributed by atoms with E-state index in [4.69, 9.17) is 9.63 Å². The van der Waals surface area contributed by atoms with Crippen LogP contribution in [0.1, 0.15) is 10.6 Å². The summed E-state index contributed by atoms with van der Waals surface area (Å²) in [6.07, 6.45) is 0. The largest absolute Gasteiger partial charge is 0.475 e. The maximum Gasteiger partial charge on any atom is 0.377 e. The first-order valence-electron chi connectivity index (χ1n) is 5.31. The van der Waals surface area contributed by atoms with E-state index in [1.807, 2.05) is 42.5 Å². The van der Waals surface area contributed by atoms with Crippen LogP contribution in [-0.4, -0.2) is 21.2 Å². The van der Waals surface area contributed by atoms with Crippen molar-refractivity contribution in [1.29, 1.82) is 0 Å². The molecule has 0 atom stereocenters. The first-order chi connectivity index (χ1) is 8.75. The van der Waals surface area contributed by atoms with Crippen LogP contribution in [0.15, 0.2) is 47.0 Å². The first-order valence-corrected chi connectivity index (χ1v) is 5.31. The number of nitrogens with zero attached hydrogens (tertiary/aromatic N) is 2. The van der Waals surface area contributed by atoms with Gasteiger partial charge in [0.15, 0.2) is 0 Å². The fraction of sp³-hybridized carbons (Fsp3) is 0. The van der Waals surface area contributed by atoms with Gasteiger partial charge in [0.2, 0.25) is 0 Å². The minimum Gasteiger partial charge on any atom is -0.475 e. The average molecular weight is 240 g/mol. The van der Waals surface area contributed by atoms with Crippen LogP contribution in [0.2, 0.25) is 0 Å². The van der Waals surface area contributed by atoms with E-state index in [0.717, 1.165) is 16.3 Å². The van der Waals surface area contributed by atoms with Crippen molar-refractivity contribution in [3.63, 3.8) is 0 Å². The molecule has 0 radical (unpaired) electrons. The van der Waals surface area contributed by atoms with Gasteiger partial charge in [0, 0.05) is 5.56 Å². The van der Waals surface area contributed by atoms with Gasteiger partial charge in [-0.05, 0) is 22.0 Å². The maximum absolute atomic E-state index is 10.7. The van der Waals surface area contributed by atoms with Crippen molar-refractivity contribution < 1.29 is 14.4 Å². The Morgan fingerprint density at radius 3 is 2.67 bits per heavy atom. The van der Waals surface area contributed by atoms with Gasteiger partial charge in [-0.15, -0.1) is 0 Å². The average Bonchev–Trinajstić information content (AvgIpc) is 2.87. The normalized spacial score (nSPS) is 10.7. The number of rotatable bonds is 2. The summed E-state index contributed by atoms with van der Waals surface area (Å²) in [5.74, 6) is -1.33. The smallest absolute Gasteiger partial charge is 0.377 e. The van der Waals surface area contributed by atoms with Crippen molar-refractivity contribution >= 4 is 16.7 Å². The summed E-state index contributed by atoms with van der Waals surface area (Å²) in [5, 5.41) is 14.2. The monoisotopic (exact) mass is 240 g/mol. The minimum absolute atomic E-state index is 0.212. The Bertz CT molecular complexity index is 728. The number of aromatic nitrogens is 2. The molecule has 3 rings (SSSR count). The number of benzene rings is 2. The number of hydrogen-bond donors (Lipinski definition) is 1. The van der Waals surface area contributed by atoms with Gasteiger partial charge in [0.25, 0.3) is 11.7 Å². The van der Waals surface area contributed by atoms with Gasteiger partial charge in [-0.2, -0.15) is 4.98 Å². The predicted octanol–water partition coefficient (Wildman–Crippen LogP) is 2.59. The second-order valence-electron chi connectivity index (χ2n) is 3.75. The van der Waals surface area contributed by atoms with Crippen LogP contribution in [0.25, 0.3) is 22.2 Å². The van der Waals surface area contributed by atoms with Crippen LogP contribution < -0.4 is 0 Å². The molecule has 0 spiro atoms. The molecule has 5 heteroatoms. The first kappa shape index (κ1) is 10.5. The fourth-order valence-electron chi connectivity index (χ4n) is 1.83. The molecular formula is C13H8N2O3. The van der Waals surface area contributed by atoms with E-state index in [0.29, 0.717) is 0 Å². The Labute approximate surface area is 102 Å². The molecule has 0 fully saturated rings. The molecule has 0 aliphatic heterocycles. The topological polar surface area (TPSA) is 76.2 Å². The Hall–Kier alpha value is -2.69. The van der Waals surface area contributed by atoms with E-state index in [1.165, 1.54) is 0 Å². The highest BCUT2D eigenvalue weighted by molar-refractivity contribution is 5.95. The summed E-state index contributed by atoms with van der Waals surface area (Å²) in [7, 11) is 0. The summed E-state index contributed by atoms with van der Waals surface area (Å²) in [4.78, 5) is 14.6. The molecule has 1 aromatic heterocycles.